The second kappa shape index (κ2) is 4.90. The van der Waals surface area contributed by atoms with E-state index >= 15 is 0 Å². The Morgan fingerprint density at radius 2 is 2.00 bits per heavy atom. The molecule has 0 aromatic heterocycles. The summed E-state index contributed by atoms with van der Waals surface area (Å²) in [6.07, 6.45) is 3.47. The lowest BCUT2D eigenvalue weighted by Gasteiger charge is -1.93. The first-order valence-corrected chi connectivity index (χ1v) is 4.29. The van der Waals surface area contributed by atoms with E-state index in [4.69, 9.17) is 5.73 Å². The topological polar surface area (TPSA) is 86.2 Å². The molecule has 0 spiro atoms. The van der Waals surface area contributed by atoms with Crippen LogP contribution in [-0.4, -0.2) is 10.8 Å². The predicted molar refractivity (Wildman–Crippen MR) is 55.9 cm³/mol. The molecule has 1 aromatic carbocycles. The standard InChI is InChI=1S/C10H10N2O3/c11-10(13)3-1-2-8-4-6-9(7-5-8)12(14)15/h1-2,4-7H,3H2,(H2,11,13). The van der Waals surface area contributed by atoms with Crippen LogP contribution >= 0.6 is 0 Å². The number of hydrogen-bond donors (Lipinski definition) is 1. The Labute approximate surface area is 86.4 Å². The Kier molecular flexibility index (Phi) is 3.56. The summed E-state index contributed by atoms with van der Waals surface area (Å²) in [5, 5.41) is 10.3. The Morgan fingerprint density at radius 3 is 2.47 bits per heavy atom. The number of primary amides is 1. The van der Waals surface area contributed by atoms with E-state index < -0.39 is 10.8 Å². The maximum atomic E-state index is 10.4. The molecule has 0 atom stereocenters. The zero-order valence-electron chi connectivity index (χ0n) is 7.92. The molecule has 5 heteroatoms. The summed E-state index contributed by atoms with van der Waals surface area (Å²) in [7, 11) is 0. The fourth-order valence-electron chi connectivity index (χ4n) is 1.02. The van der Waals surface area contributed by atoms with Crippen molar-refractivity contribution in [3.63, 3.8) is 0 Å². The number of benzene rings is 1. The number of nitrogens with two attached hydrogens (primary N) is 1. The van der Waals surface area contributed by atoms with Gasteiger partial charge in [0, 0.05) is 18.6 Å². The van der Waals surface area contributed by atoms with Gasteiger partial charge in [0.15, 0.2) is 0 Å². The van der Waals surface area contributed by atoms with Gasteiger partial charge in [0.2, 0.25) is 5.91 Å². The lowest BCUT2D eigenvalue weighted by atomic mass is 10.2. The van der Waals surface area contributed by atoms with Crippen molar-refractivity contribution in [2.24, 2.45) is 5.73 Å². The van der Waals surface area contributed by atoms with E-state index in [-0.39, 0.29) is 12.1 Å². The van der Waals surface area contributed by atoms with E-state index in [1.54, 1.807) is 24.3 Å². The molecule has 0 aliphatic heterocycles. The van der Waals surface area contributed by atoms with Crippen LogP contribution in [0.2, 0.25) is 0 Å². The first kappa shape index (κ1) is 10.9. The van der Waals surface area contributed by atoms with E-state index in [1.807, 2.05) is 0 Å². The van der Waals surface area contributed by atoms with Gasteiger partial charge in [0.25, 0.3) is 5.69 Å². The number of amides is 1. The molecule has 0 saturated carbocycles. The molecule has 78 valence electrons. The summed E-state index contributed by atoms with van der Waals surface area (Å²) in [5.41, 5.74) is 5.78. The molecule has 0 saturated heterocycles. The Morgan fingerprint density at radius 1 is 1.40 bits per heavy atom. The van der Waals surface area contributed by atoms with Gasteiger partial charge in [-0.3, -0.25) is 14.9 Å². The number of carbonyl (C=O) groups is 1. The third-order valence-corrected chi connectivity index (χ3v) is 1.73. The van der Waals surface area contributed by atoms with Crippen molar-refractivity contribution in [2.75, 3.05) is 0 Å². The van der Waals surface area contributed by atoms with Crippen LogP contribution < -0.4 is 5.73 Å². The first-order chi connectivity index (χ1) is 7.09. The maximum Gasteiger partial charge on any atom is 0.269 e. The van der Waals surface area contributed by atoms with E-state index in [0.29, 0.717) is 0 Å². The fraction of sp³-hybridized carbons (Fsp3) is 0.100. The minimum absolute atomic E-state index is 0.0436. The molecule has 2 N–H and O–H groups in total. The van der Waals surface area contributed by atoms with Gasteiger partial charge in [0.1, 0.15) is 0 Å². The Bertz CT molecular complexity index is 396. The number of rotatable bonds is 4. The molecule has 5 nitrogen and oxygen atoms in total. The highest BCUT2D eigenvalue weighted by molar-refractivity contribution is 5.76. The fourth-order valence-corrected chi connectivity index (χ4v) is 1.02. The second-order valence-electron chi connectivity index (χ2n) is 2.92. The summed E-state index contributed by atoms with van der Waals surface area (Å²) in [6, 6.07) is 6.03. The quantitative estimate of drug-likeness (QED) is 0.598. The molecule has 0 heterocycles. The predicted octanol–water partition coefficient (Wildman–Crippen LogP) is 1.48. The molecule has 0 aliphatic carbocycles. The molecule has 0 aliphatic rings. The molecule has 0 radical (unpaired) electrons. The van der Waals surface area contributed by atoms with Gasteiger partial charge in [-0.1, -0.05) is 12.2 Å². The van der Waals surface area contributed by atoms with E-state index in [2.05, 4.69) is 0 Å². The van der Waals surface area contributed by atoms with Crippen molar-refractivity contribution < 1.29 is 9.72 Å². The van der Waals surface area contributed by atoms with Crippen LogP contribution in [0.4, 0.5) is 5.69 Å². The van der Waals surface area contributed by atoms with Gasteiger partial charge in [-0.05, 0) is 17.7 Å². The van der Waals surface area contributed by atoms with E-state index in [9.17, 15) is 14.9 Å². The van der Waals surface area contributed by atoms with Crippen molar-refractivity contribution in [3.05, 3.63) is 46.0 Å². The second-order valence-corrected chi connectivity index (χ2v) is 2.92. The van der Waals surface area contributed by atoms with Gasteiger partial charge in [-0.25, -0.2) is 0 Å². The van der Waals surface area contributed by atoms with Gasteiger partial charge in [-0.15, -0.1) is 0 Å². The number of carbonyl (C=O) groups excluding carboxylic acids is 1. The molecule has 0 bridgehead atoms. The van der Waals surface area contributed by atoms with Crippen molar-refractivity contribution in [1.82, 2.24) is 0 Å². The minimum atomic E-state index is -0.461. The number of nitro groups is 1. The van der Waals surface area contributed by atoms with Crippen LogP contribution in [-0.2, 0) is 4.79 Å². The molecule has 0 unspecified atom stereocenters. The highest BCUT2D eigenvalue weighted by Crippen LogP contribution is 2.12. The lowest BCUT2D eigenvalue weighted by molar-refractivity contribution is -0.384. The van der Waals surface area contributed by atoms with Crippen molar-refractivity contribution in [2.45, 2.75) is 6.42 Å². The van der Waals surface area contributed by atoms with Gasteiger partial charge < -0.3 is 5.73 Å². The average molecular weight is 206 g/mol. The summed E-state index contributed by atoms with van der Waals surface area (Å²) in [5.74, 6) is -0.409. The average Bonchev–Trinajstić information content (AvgIpc) is 2.18. The maximum absolute atomic E-state index is 10.4. The SMILES string of the molecule is NC(=O)CC=Cc1ccc([N+](=O)[O-])cc1. The number of hydrogen-bond acceptors (Lipinski definition) is 3. The molecule has 0 fully saturated rings. The third-order valence-electron chi connectivity index (χ3n) is 1.73. The lowest BCUT2D eigenvalue weighted by Crippen LogP contribution is -2.07. The van der Waals surface area contributed by atoms with Crippen LogP contribution in [0.15, 0.2) is 30.3 Å². The molecular formula is C10H10N2O3. The smallest absolute Gasteiger partial charge is 0.269 e. The summed E-state index contributed by atoms with van der Waals surface area (Å²) in [6.45, 7) is 0. The van der Waals surface area contributed by atoms with Crippen LogP contribution in [0.25, 0.3) is 6.08 Å². The number of nitrogens with zero attached hydrogens (tertiary/aromatic N) is 1. The Hall–Kier alpha value is -2.17. The van der Waals surface area contributed by atoms with Crippen LogP contribution in [0.3, 0.4) is 0 Å². The summed E-state index contributed by atoms with van der Waals surface area (Å²) >= 11 is 0. The largest absolute Gasteiger partial charge is 0.369 e. The van der Waals surface area contributed by atoms with Crippen LogP contribution in [0, 0.1) is 10.1 Å². The van der Waals surface area contributed by atoms with E-state index in [1.165, 1.54) is 12.1 Å². The van der Waals surface area contributed by atoms with Gasteiger partial charge in [-0.2, -0.15) is 0 Å². The highest BCUT2D eigenvalue weighted by Gasteiger charge is 2.01. The zero-order chi connectivity index (χ0) is 11.3. The van der Waals surface area contributed by atoms with Crippen molar-refractivity contribution >= 4 is 17.7 Å². The zero-order valence-corrected chi connectivity index (χ0v) is 7.92. The van der Waals surface area contributed by atoms with Crippen molar-refractivity contribution in [3.8, 4) is 0 Å². The normalized spacial score (nSPS) is 10.4. The first-order valence-electron chi connectivity index (χ1n) is 4.29. The minimum Gasteiger partial charge on any atom is -0.369 e. The monoisotopic (exact) mass is 206 g/mol. The molecule has 1 amide bonds. The van der Waals surface area contributed by atoms with Crippen LogP contribution in [0.5, 0.6) is 0 Å². The van der Waals surface area contributed by atoms with Gasteiger partial charge >= 0.3 is 0 Å². The number of nitro benzene ring substituents is 1. The highest BCUT2D eigenvalue weighted by atomic mass is 16.6. The molecule has 1 aromatic rings. The molecule has 15 heavy (non-hydrogen) atoms. The van der Waals surface area contributed by atoms with E-state index in [0.717, 1.165) is 5.56 Å². The Balaban J connectivity index is 2.68. The molecular weight excluding hydrogens is 196 g/mol. The summed E-state index contributed by atoms with van der Waals surface area (Å²) < 4.78 is 0. The van der Waals surface area contributed by atoms with Crippen LogP contribution in [0.1, 0.15) is 12.0 Å². The van der Waals surface area contributed by atoms with Crippen molar-refractivity contribution in [1.29, 1.82) is 0 Å². The third kappa shape index (κ3) is 3.60. The summed E-state index contributed by atoms with van der Waals surface area (Å²) in [4.78, 5) is 20.3. The number of non-ortho nitro benzene ring substituents is 1. The van der Waals surface area contributed by atoms with Gasteiger partial charge in [0.05, 0.1) is 4.92 Å². The molecule has 1 rings (SSSR count).